The van der Waals surface area contributed by atoms with Gasteiger partial charge in [-0.15, -0.1) is 0 Å². The Hall–Kier alpha value is -2.42. The minimum absolute atomic E-state index is 0.153. The second-order valence-corrected chi connectivity index (χ2v) is 14.1. The summed E-state index contributed by atoms with van der Waals surface area (Å²) in [5, 5.41) is 22.4. The Kier molecular flexibility index (Phi) is 8.50. The van der Waals surface area contributed by atoms with Crippen molar-refractivity contribution in [3.63, 3.8) is 0 Å². The molecule has 3 unspecified atom stereocenters. The van der Waals surface area contributed by atoms with Crippen LogP contribution in [0.1, 0.15) is 89.9 Å². The lowest BCUT2D eigenvalue weighted by molar-refractivity contribution is -0.160. The molecular formula is C30H44N2O6S. The molecule has 4 rings (SSSR count). The van der Waals surface area contributed by atoms with E-state index < -0.39 is 23.2 Å². The van der Waals surface area contributed by atoms with Crippen LogP contribution in [0.25, 0.3) is 0 Å². The molecule has 1 aliphatic carbocycles. The minimum Gasteiger partial charge on any atom is -0.504 e. The molecule has 9 heteroatoms. The molecule has 39 heavy (non-hydrogen) atoms. The fourth-order valence-corrected chi connectivity index (χ4v) is 7.69. The fraction of sp³-hybridized carbons (Fsp3) is 0.700. The van der Waals surface area contributed by atoms with Gasteiger partial charge in [0, 0.05) is 12.1 Å². The molecule has 0 spiro atoms. The molecule has 2 aliphatic heterocycles. The zero-order valence-corrected chi connectivity index (χ0v) is 24.7. The number of likely N-dealkylation sites (tertiary alicyclic amines) is 1. The highest BCUT2D eigenvalue weighted by molar-refractivity contribution is 7.99. The topological polar surface area (TPSA) is 116 Å². The molecule has 2 saturated heterocycles. The summed E-state index contributed by atoms with van der Waals surface area (Å²) in [6.07, 6.45) is 5.00. The van der Waals surface area contributed by atoms with E-state index in [4.69, 9.17) is 4.74 Å². The Bertz CT molecular complexity index is 1100. The first-order valence-electron chi connectivity index (χ1n) is 14.2. The number of rotatable bonds is 7. The van der Waals surface area contributed by atoms with Crippen LogP contribution in [-0.2, 0) is 14.3 Å². The monoisotopic (exact) mass is 560 g/mol. The Morgan fingerprint density at radius 3 is 2.38 bits per heavy atom. The van der Waals surface area contributed by atoms with Gasteiger partial charge in [0.25, 0.3) is 5.91 Å². The Labute approximate surface area is 236 Å². The number of ether oxygens (including phenoxy) is 1. The molecule has 3 N–H and O–H groups in total. The van der Waals surface area contributed by atoms with E-state index in [1.165, 1.54) is 18.2 Å². The summed E-state index contributed by atoms with van der Waals surface area (Å²) in [5.74, 6) is 0.0560. The number of benzene rings is 1. The third kappa shape index (κ3) is 5.88. The van der Waals surface area contributed by atoms with Crippen molar-refractivity contribution in [3.8, 4) is 11.5 Å². The first-order valence-corrected chi connectivity index (χ1v) is 15.4. The molecule has 2 amide bonds. The van der Waals surface area contributed by atoms with Crippen LogP contribution in [0, 0.1) is 16.7 Å². The molecule has 2 heterocycles. The Balaban J connectivity index is 1.45. The lowest BCUT2D eigenvalue weighted by Crippen LogP contribution is -2.62. The average Bonchev–Trinajstić information content (AvgIpc) is 3.44. The van der Waals surface area contributed by atoms with Crippen molar-refractivity contribution in [2.45, 2.75) is 97.2 Å². The maximum atomic E-state index is 14.1. The summed E-state index contributed by atoms with van der Waals surface area (Å²) >= 11 is 1.73. The molecule has 1 aromatic carbocycles. The summed E-state index contributed by atoms with van der Waals surface area (Å²) in [7, 11) is 0. The van der Waals surface area contributed by atoms with E-state index in [-0.39, 0.29) is 40.1 Å². The first kappa shape index (κ1) is 29.6. The van der Waals surface area contributed by atoms with E-state index in [0.717, 1.165) is 19.3 Å². The maximum absolute atomic E-state index is 14.1. The highest BCUT2D eigenvalue weighted by atomic mass is 32.2. The van der Waals surface area contributed by atoms with Gasteiger partial charge in [0.15, 0.2) is 11.5 Å². The number of nitrogens with zero attached hydrogens (tertiary/aromatic N) is 1. The van der Waals surface area contributed by atoms with Crippen LogP contribution in [0.15, 0.2) is 18.2 Å². The summed E-state index contributed by atoms with van der Waals surface area (Å²) in [4.78, 5) is 42.2. The molecule has 3 aliphatic rings. The predicted molar refractivity (Wildman–Crippen MR) is 152 cm³/mol. The van der Waals surface area contributed by atoms with Crippen LogP contribution in [0.3, 0.4) is 0 Å². The number of amides is 2. The third-order valence-corrected chi connectivity index (χ3v) is 10.9. The van der Waals surface area contributed by atoms with Crippen molar-refractivity contribution in [1.29, 1.82) is 0 Å². The van der Waals surface area contributed by atoms with Crippen molar-refractivity contribution >= 4 is 29.5 Å². The van der Waals surface area contributed by atoms with E-state index in [1.807, 2.05) is 6.92 Å². The van der Waals surface area contributed by atoms with E-state index in [9.17, 15) is 24.6 Å². The van der Waals surface area contributed by atoms with Crippen LogP contribution in [-0.4, -0.2) is 68.6 Å². The zero-order chi connectivity index (χ0) is 28.6. The van der Waals surface area contributed by atoms with Crippen LogP contribution >= 0.6 is 11.8 Å². The quantitative estimate of drug-likeness (QED) is 0.322. The highest BCUT2D eigenvalue weighted by Crippen LogP contribution is 2.57. The van der Waals surface area contributed by atoms with Crippen molar-refractivity contribution in [2.24, 2.45) is 16.7 Å². The molecule has 1 saturated carbocycles. The predicted octanol–water partition coefficient (Wildman–Crippen LogP) is 4.87. The van der Waals surface area contributed by atoms with E-state index in [2.05, 4.69) is 33.0 Å². The lowest BCUT2D eigenvalue weighted by atomic mass is 9.66. The zero-order valence-electron chi connectivity index (χ0n) is 23.9. The second-order valence-electron chi connectivity index (χ2n) is 12.8. The van der Waals surface area contributed by atoms with E-state index in [1.54, 1.807) is 16.7 Å². The van der Waals surface area contributed by atoms with E-state index >= 15 is 0 Å². The van der Waals surface area contributed by atoms with Crippen LogP contribution in [0.5, 0.6) is 11.5 Å². The smallest absolute Gasteiger partial charge is 0.329 e. The van der Waals surface area contributed by atoms with Crippen LogP contribution < -0.4 is 5.32 Å². The number of phenols is 2. The average molecular weight is 561 g/mol. The van der Waals surface area contributed by atoms with Crippen molar-refractivity contribution in [3.05, 3.63) is 23.8 Å². The number of esters is 1. The maximum Gasteiger partial charge on any atom is 0.329 e. The van der Waals surface area contributed by atoms with Gasteiger partial charge < -0.3 is 25.2 Å². The van der Waals surface area contributed by atoms with Crippen molar-refractivity contribution in [1.82, 2.24) is 10.2 Å². The lowest BCUT2D eigenvalue weighted by Gasteiger charge is -2.41. The number of nitrogens with one attached hydrogen (secondary N) is 1. The van der Waals surface area contributed by atoms with Crippen molar-refractivity contribution in [2.75, 3.05) is 18.1 Å². The molecule has 3 atom stereocenters. The van der Waals surface area contributed by atoms with Gasteiger partial charge >= 0.3 is 5.97 Å². The van der Waals surface area contributed by atoms with Gasteiger partial charge in [0.2, 0.25) is 5.91 Å². The normalized spacial score (nSPS) is 26.1. The second kappa shape index (κ2) is 11.2. The summed E-state index contributed by atoms with van der Waals surface area (Å²) in [6.45, 7) is 11.6. The number of carbonyl (C=O) groups excluding carboxylic acids is 3. The van der Waals surface area contributed by atoms with Gasteiger partial charge in [-0.25, -0.2) is 4.79 Å². The fourth-order valence-electron chi connectivity index (χ4n) is 6.50. The summed E-state index contributed by atoms with van der Waals surface area (Å²) in [6, 6.07) is 3.18. The number of carbonyl (C=O) groups is 3. The number of phenolic OH excluding ortho intramolecular Hbond substituents is 2. The minimum atomic E-state index is -1.14. The molecule has 0 bridgehead atoms. The molecular weight excluding hydrogens is 516 g/mol. The first-order chi connectivity index (χ1) is 18.3. The molecule has 0 radical (unpaired) electrons. The van der Waals surface area contributed by atoms with Crippen LogP contribution in [0.2, 0.25) is 0 Å². The Morgan fingerprint density at radius 1 is 1.08 bits per heavy atom. The molecule has 3 fully saturated rings. The largest absolute Gasteiger partial charge is 0.504 e. The SMILES string of the molecule is CC(CC1CCC(C)(C)C1(C)C)OC(=O)C1CCCN1C(=O)C1(NC(=O)c2ccc(O)c(O)c2)CCSCC1. The highest BCUT2D eigenvalue weighted by Gasteiger charge is 2.50. The molecule has 216 valence electrons. The van der Waals surface area contributed by atoms with Gasteiger partial charge in [0.1, 0.15) is 11.6 Å². The number of aromatic hydroxyl groups is 2. The van der Waals surface area contributed by atoms with Crippen molar-refractivity contribution < 1.29 is 29.3 Å². The Morgan fingerprint density at radius 2 is 1.77 bits per heavy atom. The molecule has 0 aromatic heterocycles. The van der Waals surface area contributed by atoms with Gasteiger partial charge in [-0.1, -0.05) is 27.7 Å². The summed E-state index contributed by atoms with van der Waals surface area (Å²) in [5.41, 5.74) is -0.587. The van der Waals surface area contributed by atoms with Gasteiger partial charge in [0.05, 0.1) is 6.10 Å². The van der Waals surface area contributed by atoms with E-state index in [0.29, 0.717) is 49.7 Å². The van der Waals surface area contributed by atoms with Gasteiger partial charge in [-0.05, 0) is 98.3 Å². The van der Waals surface area contributed by atoms with Crippen LogP contribution in [0.4, 0.5) is 0 Å². The molecule has 1 aromatic rings. The standard InChI is InChI=1S/C30H44N2O6S/c1-19(17-21-10-11-28(2,3)29(21,4)5)38-26(36)22-7-6-14-32(22)27(37)30(12-15-39-16-13-30)31-25(35)20-8-9-23(33)24(34)18-20/h8-9,18-19,21-22,33-34H,6-7,10-17H2,1-5H3,(H,31,35). The number of hydrogen-bond acceptors (Lipinski definition) is 7. The third-order valence-electron chi connectivity index (χ3n) is 9.95. The van der Waals surface area contributed by atoms with Gasteiger partial charge in [-0.2, -0.15) is 11.8 Å². The van der Waals surface area contributed by atoms with Gasteiger partial charge in [-0.3, -0.25) is 9.59 Å². The molecule has 8 nitrogen and oxygen atoms in total. The summed E-state index contributed by atoms with van der Waals surface area (Å²) < 4.78 is 5.96. The number of thioether (sulfide) groups is 1. The number of hydrogen-bond donors (Lipinski definition) is 3.